The predicted molar refractivity (Wildman–Crippen MR) is 138 cm³/mol. The van der Waals surface area contributed by atoms with E-state index in [2.05, 4.69) is 40.6 Å². The second-order valence-corrected chi connectivity index (χ2v) is 10.1. The first-order valence-corrected chi connectivity index (χ1v) is 12.2. The van der Waals surface area contributed by atoms with Gasteiger partial charge in [0.1, 0.15) is 11.6 Å². The first-order chi connectivity index (χ1) is 17.4. The van der Waals surface area contributed by atoms with Crippen LogP contribution in [-0.2, 0) is 5.41 Å². The fourth-order valence-corrected chi connectivity index (χ4v) is 4.68. The van der Waals surface area contributed by atoms with Crippen molar-refractivity contribution < 1.29 is 9.53 Å². The van der Waals surface area contributed by atoms with E-state index in [1.807, 2.05) is 53.4 Å². The van der Waals surface area contributed by atoms with Gasteiger partial charge in [-0.05, 0) is 60.9 Å². The van der Waals surface area contributed by atoms with E-state index in [-0.39, 0.29) is 11.3 Å². The highest BCUT2D eigenvalue weighted by molar-refractivity contribution is 5.98. The SMILES string of the molecule is COc1cc(-c2nccc(Nc3ccc4c(c3)C(C)(C)CNC4=O)n2)ccc1-n1cnc(C2CC2)c1. The molecule has 1 saturated carbocycles. The number of aromatic nitrogens is 4. The number of benzene rings is 2. The molecular formula is C28H28N6O2. The van der Waals surface area contributed by atoms with Gasteiger partial charge in [-0.25, -0.2) is 15.0 Å². The van der Waals surface area contributed by atoms with Crippen molar-refractivity contribution in [2.45, 2.75) is 38.0 Å². The van der Waals surface area contributed by atoms with Crippen molar-refractivity contribution in [3.8, 4) is 22.8 Å². The molecule has 3 heterocycles. The van der Waals surface area contributed by atoms with E-state index in [4.69, 9.17) is 9.72 Å². The molecule has 8 heteroatoms. The highest BCUT2D eigenvalue weighted by atomic mass is 16.5. The fraction of sp³-hybridized carbons (Fsp3) is 0.286. The van der Waals surface area contributed by atoms with Gasteiger partial charge in [0.05, 0.1) is 24.8 Å². The van der Waals surface area contributed by atoms with Crippen LogP contribution in [0.15, 0.2) is 61.2 Å². The average Bonchev–Trinajstić information content (AvgIpc) is 3.63. The first-order valence-electron chi connectivity index (χ1n) is 12.2. The Bertz CT molecular complexity index is 1470. The maximum atomic E-state index is 12.3. The third-order valence-corrected chi connectivity index (χ3v) is 6.93. The van der Waals surface area contributed by atoms with Gasteiger partial charge in [0.15, 0.2) is 5.82 Å². The van der Waals surface area contributed by atoms with Crippen LogP contribution in [0.3, 0.4) is 0 Å². The van der Waals surface area contributed by atoms with Crippen LogP contribution in [0.2, 0.25) is 0 Å². The van der Waals surface area contributed by atoms with Crippen molar-refractivity contribution in [3.63, 3.8) is 0 Å². The minimum atomic E-state index is -0.148. The summed E-state index contributed by atoms with van der Waals surface area (Å²) in [6.07, 6.45) is 8.09. The molecule has 1 aliphatic carbocycles. The molecule has 2 N–H and O–H groups in total. The number of rotatable bonds is 6. The molecular weight excluding hydrogens is 452 g/mol. The topological polar surface area (TPSA) is 94.0 Å². The third kappa shape index (κ3) is 4.08. The van der Waals surface area contributed by atoms with E-state index in [9.17, 15) is 4.79 Å². The molecule has 6 rings (SSSR count). The van der Waals surface area contributed by atoms with E-state index >= 15 is 0 Å². The van der Waals surface area contributed by atoms with Gasteiger partial charge in [-0.2, -0.15) is 0 Å². The lowest BCUT2D eigenvalue weighted by atomic mass is 9.79. The number of nitrogens with zero attached hydrogens (tertiary/aromatic N) is 4. The Balaban J connectivity index is 1.27. The predicted octanol–water partition coefficient (Wildman–Crippen LogP) is 4.98. The smallest absolute Gasteiger partial charge is 0.251 e. The zero-order valence-electron chi connectivity index (χ0n) is 20.6. The van der Waals surface area contributed by atoms with Crippen LogP contribution in [0.4, 0.5) is 11.5 Å². The quantitative estimate of drug-likeness (QED) is 0.404. The number of hydrogen-bond donors (Lipinski definition) is 2. The summed E-state index contributed by atoms with van der Waals surface area (Å²) in [7, 11) is 1.66. The summed E-state index contributed by atoms with van der Waals surface area (Å²) >= 11 is 0. The molecule has 36 heavy (non-hydrogen) atoms. The minimum Gasteiger partial charge on any atom is -0.495 e. The van der Waals surface area contributed by atoms with Crippen LogP contribution in [0.25, 0.3) is 17.1 Å². The van der Waals surface area contributed by atoms with E-state index in [0.29, 0.717) is 24.1 Å². The van der Waals surface area contributed by atoms with Gasteiger partial charge in [0.2, 0.25) is 0 Å². The van der Waals surface area contributed by atoms with E-state index in [1.54, 1.807) is 13.3 Å². The van der Waals surface area contributed by atoms with E-state index in [0.717, 1.165) is 39.5 Å². The summed E-state index contributed by atoms with van der Waals surface area (Å²) in [5.74, 6) is 2.55. The summed E-state index contributed by atoms with van der Waals surface area (Å²) in [6.45, 7) is 4.87. The van der Waals surface area contributed by atoms with E-state index < -0.39 is 0 Å². The van der Waals surface area contributed by atoms with Crippen LogP contribution in [-0.4, -0.2) is 39.1 Å². The maximum Gasteiger partial charge on any atom is 0.251 e. The molecule has 0 spiro atoms. The van der Waals surface area contributed by atoms with Gasteiger partial charge < -0.3 is 19.9 Å². The Labute approximate surface area is 209 Å². The lowest BCUT2D eigenvalue weighted by Gasteiger charge is -2.32. The van der Waals surface area contributed by atoms with Crippen molar-refractivity contribution in [1.82, 2.24) is 24.8 Å². The number of methoxy groups -OCH3 is 1. The zero-order valence-corrected chi connectivity index (χ0v) is 20.6. The summed E-state index contributed by atoms with van der Waals surface area (Å²) in [6, 6.07) is 13.6. The highest BCUT2D eigenvalue weighted by Gasteiger charge is 2.31. The van der Waals surface area contributed by atoms with Gasteiger partial charge >= 0.3 is 0 Å². The molecule has 2 aromatic carbocycles. The van der Waals surface area contributed by atoms with Crippen LogP contribution in [0.5, 0.6) is 5.75 Å². The monoisotopic (exact) mass is 480 g/mol. The number of imidazole rings is 1. The molecule has 0 saturated heterocycles. The molecule has 2 aromatic heterocycles. The zero-order chi connectivity index (χ0) is 24.9. The Morgan fingerprint density at radius 2 is 1.97 bits per heavy atom. The molecule has 0 radical (unpaired) electrons. The maximum absolute atomic E-state index is 12.3. The average molecular weight is 481 g/mol. The lowest BCUT2D eigenvalue weighted by Crippen LogP contribution is -2.43. The Kier molecular flexibility index (Phi) is 5.25. The number of anilines is 2. The second-order valence-electron chi connectivity index (χ2n) is 10.1. The molecule has 0 unspecified atom stereocenters. The summed E-state index contributed by atoms with van der Waals surface area (Å²) in [5, 5.41) is 6.34. The van der Waals surface area contributed by atoms with Gasteiger partial charge in [0.25, 0.3) is 5.91 Å². The van der Waals surface area contributed by atoms with Crippen LogP contribution in [0, 0.1) is 0 Å². The van der Waals surface area contributed by atoms with Gasteiger partial charge in [0, 0.05) is 47.1 Å². The molecule has 1 fully saturated rings. The molecule has 8 nitrogen and oxygen atoms in total. The van der Waals surface area contributed by atoms with Crippen molar-refractivity contribution in [2.24, 2.45) is 0 Å². The number of nitrogens with one attached hydrogen (secondary N) is 2. The Morgan fingerprint density at radius 3 is 2.78 bits per heavy atom. The van der Waals surface area contributed by atoms with Crippen molar-refractivity contribution in [2.75, 3.05) is 19.0 Å². The van der Waals surface area contributed by atoms with Crippen LogP contribution in [0.1, 0.15) is 54.2 Å². The molecule has 1 amide bonds. The number of fused-ring (bicyclic) bond motifs is 1. The van der Waals surface area contributed by atoms with Gasteiger partial charge in [-0.15, -0.1) is 0 Å². The number of amides is 1. The molecule has 2 aliphatic rings. The Hall–Kier alpha value is -4.20. The summed E-state index contributed by atoms with van der Waals surface area (Å²) < 4.78 is 7.71. The fourth-order valence-electron chi connectivity index (χ4n) is 4.68. The molecule has 4 aromatic rings. The number of ether oxygens (including phenoxy) is 1. The molecule has 0 atom stereocenters. The second kappa shape index (κ2) is 8.48. The normalized spacial score (nSPS) is 16.2. The molecule has 182 valence electrons. The highest BCUT2D eigenvalue weighted by Crippen LogP contribution is 2.39. The molecule has 0 bridgehead atoms. The summed E-state index contributed by atoms with van der Waals surface area (Å²) in [4.78, 5) is 26.1. The molecule has 1 aliphatic heterocycles. The Morgan fingerprint density at radius 1 is 1.11 bits per heavy atom. The third-order valence-electron chi connectivity index (χ3n) is 6.93. The lowest BCUT2D eigenvalue weighted by molar-refractivity contribution is 0.0930. The van der Waals surface area contributed by atoms with Crippen molar-refractivity contribution in [3.05, 3.63) is 78.0 Å². The standard InChI is InChI=1S/C28H28N6O2/c1-28(2)15-30-27(35)20-8-7-19(13-21(20)28)32-25-10-11-29-26(33-25)18-6-9-23(24(12-18)36-3)34-14-22(31-16-34)17-4-5-17/h6-14,16-17H,4-5,15H2,1-3H3,(H,30,35)(H,29,32,33). The van der Waals surface area contributed by atoms with Gasteiger partial charge in [-0.1, -0.05) is 13.8 Å². The summed E-state index contributed by atoms with van der Waals surface area (Å²) in [5.41, 5.74) is 5.38. The number of hydrogen-bond acceptors (Lipinski definition) is 6. The van der Waals surface area contributed by atoms with Crippen LogP contribution >= 0.6 is 0 Å². The minimum absolute atomic E-state index is 0.0305. The number of carbonyl (C=O) groups is 1. The van der Waals surface area contributed by atoms with E-state index in [1.165, 1.54) is 12.8 Å². The number of carbonyl (C=O) groups excluding carboxylic acids is 1. The van der Waals surface area contributed by atoms with Gasteiger partial charge in [-0.3, -0.25) is 4.79 Å². The van der Waals surface area contributed by atoms with Crippen LogP contribution < -0.4 is 15.4 Å². The largest absolute Gasteiger partial charge is 0.495 e. The van der Waals surface area contributed by atoms with Crippen molar-refractivity contribution >= 4 is 17.4 Å². The first kappa shape index (κ1) is 22.3. The van der Waals surface area contributed by atoms with Crippen molar-refractivity contribution in [1.29, 1.82) is 0 Å².